The topological polar surface area (TPSA) is 72.3 Å². The molecule has 54 valence electrons. The molecular weight excluding hydrogens is 128 g/mol. The lowest BCUT2D eigenvalue weighted by Gasteiger charge is -2.03. The van der Waals surface area contributed by atoms with Gasteiger partial charge in [-0.2, -0.15) is 0 Å². The summed E-state index contributed by atoms with van der Waals surface area (Å²) in [7, 11) is 0. The summed E-state index contributed by atoms with van der Waals surface area (Å²) < 4.78 is 0. The van der Waals surface area contributed by atoms with Gasteiger partial charge in [0, 0.05) is 0 Å². The van der Waals surface area contributed by atoms with Crippen LogP contribution in [0.15, 0.2) is 24.3 Å². The zero-order valence-electron chi connectivity index (χ0n) is 5.49. The summed E-state index contributed by atoms with van der Waals surface area (Å²) in [5.41, 5.74) is 11.5. The van der Waals surface area contributed by atoms with Crippen LogP contribution in [0.1, 0.15) is 11.7 Å². The Labute approximate surface area is 59.3 Å². The van der Waals surface area contributed by atoms with Crippen LogP contribution in [0.5, 0.6) is 5.75 Å². The van der Waals surface area contributed by atoms with Crippen LogP contribution >= 0.6 is 0 Å². The Balaban J connectivity index is 2.89. The van der Waals surface area contributed by atoms with Crippen molar-refractivity contribution in [3.63, 3.8) is 0 Å². The number of nitrogens with two attached hydrogens (primary N) is 2. The number of rotatable bonds is 1. The summed E-state index contributed by atoms with van der Waals surface area (Å²) >= 11 is 0. The molecule has 1 aromatic carbocycles. The molecule has 0 amide bonds. The van der Waals surface area contributed by atoms with Gasteiger partial charge in [-0.25, -0.2) is 0 Å². The van der Waals surface area contributed by atoms with Crippen LogP contribution in [-0.2, 0) is 0 Å². The van der Waals surface area contributed by atoms with E-state index in [4.69, 9.17) is 16.6 Å². The Kier molecular flexibility index (Phi) is 1.89. The zero-order valence-corrected chi connectivity index (χ0v) is 5.49. The molecule has 0 aliphatic heterocycles. The van der Waals surface area contributed by atoms with Crippen LogP contribution in [-0.4, -0.2) is 5.11 Å². The molecule has 0 atom stereocenters. The Hall–Kier alpha value is -1.06. The molecule has 3 heteroatoms. The van der Waals surface area contributed by atoms with E-state index in [1.165, 1.54) is 0 Å². The highest BCUT2D eigenvalue weighted by Gasteiger charge is 1.96. The molecule has 0 aliphatic carbocycles. The fourth-order valence-corrected chi connectivity index (χ4v) is 0.697. The first-order valence-electron chi connectivity index (χ1n) is 3.00. The van der Waals surface area contributed by atoms with Crippen molar-refractivity contribution >= 4 is 0 Å². The van der Waals surface area contributed by atoms with E-state index < -0.39 is 6.17 Å². The quantitative estimate of drug-likeness (QED) is 0.489. The molecule has 0 heterocycles. The molecule has 0 saturated heterocycles. The maximum atomic E-state index is 8.86. The second-order valence-corrected chi connectivity index (χ2v) is 2.12. The van der Waals surface area contributed by atoms with Crippen LogP contribution in [0, 0.1) is 0 Å². The molecule has 1 aromatic rings. The van der Waals surface area contributed by atoms with Crippen molar-refractivity contribution in [3.05, 3.63) is 29.8 Å². The highest BCUT2D eigenvalue weighted by Crippen LogP contribution is 2.11. The summed E-state index contributed by atoms with van der Waals surface area (Å²) in [5, 5.41) is 8.86. The SMILES string of the molecule is NC(N)c1ccc(O)cc1. The zero-order chi connectivity index (χ0) is 7.56. The molecule has 0 aliphatic rings. The Bertz CT molecular complexity index is 205. The first-order valence-corrected chi connectivity index (χ1v) is 3.00. The van der Waals surface area contributed by atoms with E-state index in [9.17, 15) is 0 Å². The Morgan fingerprint density at radius 3 is 2.00 bits per heavy atom. The average Bonchev–Trinajstić information content (AvgIpc) is 1.88. The number of aromatic hydroxyl groups is 1. The standard InChI is InChI=1S/C7H10N2O/c8-7(9)5-1-3-6(10)4-2-5/h1-4,7,10H,8-9H2. The molecule has 10 heavy (non-hydrogen) atoms. The lowest BCUT2D eigenvalue weighted by molar-refractivity contribution is 0.475. The maximum absolute atomic E-state index is 8.86. The van der Waals surface area contributed by atoms with E-state index in [1.807, 2.05) is 0 Å². The number of phenolic OH excluding ortho intramolecular Hbond substituents is 1. The highest BCUT2D eigenvalue weighted by molar-refractivity contribution is 5.27. The van der Waals surface area contributed by atoms with Gasteiger partial charge in [0.2, 0.25) is 0 Å². The maximum Gasteiger partial charge on any atom is 0.115 e. The van der Waals surface area contributed by atoms with Crippen molar-refractivity contribution in [2.45, 2.75) is 6.17 Å². The lowest BCUT2D eigenvalue weighted by Crippen LogP contribution is -2.19. The summed E-state index contributed by atoms with van der Waals surface area (Å²) in [4.78, 5) is 0. The molecular formula is C7H10N2O. The van der Waals surface area contributed by atoms with E-state index >= 15 is 0 Å². The summed E-state index contributed by atoms with van der Waals surface area (Å²) in [6.45, 7) is 0. The first kappa shape index (κ1) is 7.05. The largest absolute Gasteiger partial charge is 0.508 e. The van der Waals surface area contributed by atoms with Crippen molar-refractivity contribution in [1.29, 1.82) is 0 Å². The fourth-order valence-electron chi connectivity index (χ4n) is 0.697. The van der Waals surface area contributed by atoms with Gasteiger partial charge in [-0.15, -0.1) is 0 Å². The van der Waals surface area contributed by atoms with E-state index in [1.54, 1.807) is 24.3 Å². The van der Waals surface area contributed by atoms with Crippen LogP contribution in [0.4, 0.5) is 0 Å². The van der Waals surface area contributed by atoms with E-state index in [2.05, 4.69) is 0 Å². The van der Waals surface area contributed by atoms with Gasteiger partial charge in [0.1, 0.15) is 5.75 Å². The van der Waals surface area contributed by atoms with Gasteiger partial charge in [-0.1, -0.05) is 12.1 Å². The predicted molar refractivity (Wildman–Crippen MR) is 39.2 cm³/mol. The minimum absolute atomic E-state index is 0.226. The first-order chi connectivity index (χ1) is 4.70. The van der Waals surface area contributed by atoms with Crippen molar-refractivity contribution in [2.24, 2.45) is 11.5 Å². The minimum Gasteiger partial charge on any atom is -0.508 e. The highest BCUT2D eigenvalue weighted by atomic mass is 16.3. The second kappa shape index (κ2) is 2.68. The third-order valence-corrected chi connectivity index (χ3v) is 1.28. The van der Waals surface area contributed by atoms with Gasteiger partial charge in [0.05, 0.1) is 6.17 Å². The van der Waals surface area contributed by atoms with Crippen LogP contribution in [0.2, 0.25) is 0 Å². The lowest BCUT2D eigenvalue weighted by atomic mass is 10.2. The molecule has 0 unspecified atom stereocenters. The summed E-state index contributed by atoms with van der Waals surface area (Å²) in [5.74, 6) is 0.226. The minimum atomic E-state index is -0.458. The number of phenols is 1. The monoisotopic (exact) mass is 138 g/mol. The molecule has 1 rings (SSSR count). The van der Waals surface area contributed by atoms with Crippen LogP contribution in [0.25, 0.3) is 0 Å². The van der Waals surface area contributed by atoms with Crippen LogP contribution in [0.3, 0.4) is 0 Å². The molecule has 0 bridgehead atoms. The van der Waals surface area contributed by atoms with Crippen LogP contribution < -0.4 is 11.5 Å². The van der Waals surface area contributed by atoms with Crippen molar-refractivity contribution in [2.75, 3.05) is 0 Å². The van der Waals surface area contributed by atoms with Gasteiger partial charge < -0.3 is 16.6 Å². The Morgan fingerprint density at radius 2 is 1.60 bits per heavy atom. The van der Waals surface area contributed by atoms with Gasteiger partial charge in [0.15, 0.2) is 0 Å². The van der Waals surface area contributed by atoms with Gasteiger partial charge in [0.25, 0.3) is 0 Å². The van der Waals surface area contributed by atoms with Crippen molar-refractivity contribution < 1.29 is 5.11 Å². The molecule has 0 spiro atoms. The van der Waals surface area contributed by atoms with E-state index in [-0.39, 0.29) is 5.75 Å². The average molecular weight is 138 g/mol. The number of hydrogen-bond acceptors (Lipinski definition) is 3. The van der Waals surface area contributed by atoms with Gasteiger partial charge in [-0.05, 0) is 17.7 Å². The van der Waals surface area contributed by atoms with Gasteiger partial charge >= 0.3 is 0 Å². The fraction of sp³-hybridized carbons (Fsp3) is 0.143. The second-order valence-electron chi connectivity index (χ2n) is 2.12. The van der Waals surface area contributed by atoms with E-state index in [0.29, 0.717) is 0 Å². The molecule has 0 fully saturated rings. The molecule has 3 nitrogen and oxygen atoms in total. The van der Waals surface area contributed by atoms with E-state index in [0.717, 1.165) is 5.56 Å². The smallest absolute Gasteiger partial charge is 0.115 e. The molecule has 0 radical (unpaired) electrons. The number of hydrogen-bond donors (Lipinski definition) is 3. The van der Waals surface area contributed by atoms with Gasteiger partial charge in [-0.3, -0.25) is 0 Å². The molecule has 0 saturated carbocycles. The Morgan fingerprint density at radius 1 is 1.10 bits per heavy atom. The predicted octanol–water partition coefficient (Wildman–Crippen LogP) is 0.308. The van der Waals surface area contributed by atoms with Crippen molar-refractivity contribution in [3.8, 4) is 5.75 Å². The normalized spacial score (nSPS) is 10.3. The summed E-state index contributed by atoms with van der Waals surface area (Å²) in [6, 6.07) is 6.50. The van der Waals surface area contributed by atoms with Crippen molar-refractivity contribution in [1.82, 2.24) is 0 Å². The number of benzene rings is 1. The summed E-state index contributed by atoms with van der Waals surface area (Å²) in [6.07, 6.45) is -0.458. The third kappa shape index (κ3) is 1.46. The third-order valence-electron chi connectivity index (χ3n) is 1.28. The molecule has 5 N–H and O–H groups in total. The molecule has 0 aromatic heterocycles.